The highest BCUT2D eigenvalue weighted by atomic mass is 16.7. The molecule has 12 atom stereocenters. The van der Waals surface area contributed by atoms with Gasteiger partial charge in [-0.3, -0.25) is 9.69 Å². The fourth-order valence-corrected chi connectivity index (χ4v) is 11.8. The topological polar surface area (TPSA) is 60.0 Å². The first-order chi connectivity index (χ1) is 19.2. The van der Waals surface area contributed by atoms with Gasteiger partial charge < -0.3 is 19.5 Å². The lowest BCUT2D eigenvalue weighted by Gasteiger charge is -2.61. The van der Waals surface area contributed by atoms with E-state index in [0.717, 1.165) is 76.0 Å². The molecule has 1 amide bonds. The number of amides is 1. The van der Waals surface area contributed by atoms with Crippen LogP contribution in [0.15, 0.2) is 0 Å². The van der Waals surface area contributed by atoms with E-state index >= 15 is 0 Å². The normalized spacial score (nSPS) is 52.5. The second kappa shape index (κ2) is 10.5. The van der Waals surface area contributed by atoms with Crippen molar-refractivity contribution in [2.75, 3.05) is 39.5 Å². The van der Waals surface area contributed by atoms with E-state index in [4.69, 9.17) is 14.2 Å². The molecule has 40 heavy (non-hydrogen) atoms. The van der Waals surface area contributed by atoms with Gasteiger partial charge in [-0.1, -0.05) is 27.7 Å². The van der Waals surface area contributed by atoms with Crippen molar-refractivity contribution in [2.45, 2.75) is 116 Å². The Morgan fingerprint density at radius 3 is 2.50 bits per heavy atom. The Morgan fingerprint density at radius 1 is 0.925 bits per heavy atom. The van der Waals surface area contributed by atoms with Gasteiger partial charge in [-0.25, -0.2) is 0 Å². The molecule has 6 heteroatoms. The number of fused-ring (bicyclic) bond motifs is 7. The van der Waals surface area contributed by atoms with Crippen molar-refractivity contribution < 1.29 is 19.0 Å². The number of nitrogens with zero attached hydrogens (tertiary/aromatic N) is 1. The quantitative estimate of drug-likeness (QED) is 0.486. The van der Waals surface area contributed by atoms with Gasteiger partial charge in [-0.15, -0.1) is 0 Å². The third kappa shape index (κ3) is 4.52. The summed E-state index contributed by atoms with van der Waals surface area (Å²) in [6.45, 7) is 15.3. The number of hydrogen-bond donors (Lipinski definition) is 1. The summed E-state index contributed by atoms with van der Waals surface area (Å²) in [7, 11) is 0. The van der Waals surface area contributed by atoms with Crippen molar-refractivity contribution in [3.05, 3.63) is 0 Å². The van der Waals surface area contributed by atoms with Gasteiger partial charge in [-0.2, -0.15) is 0 Å². The summed E-state index contributed by atoms with van der Waals surface area (Å²) >= 11 is 0. The number of hydrogen-bond acceptors (Lipinski definition) is 5. The minimum Gasteiger partial charge on any atom is -0.379 e. The lowest BCUT2D eigenvalue weighted by atomic mass is 9.44. The number of ether oxygens (including phenoxy) is 3. The smallest absolute Gasteiger partial charge is 0.221 e. The first kappa shape index (κ1) is 28.1. The molecule has 1 spiro atoms. The minimum atomic E-state index is -0.304. The number of carbonyl (C=O) groups is 1. The van der Waals surface area contributed by atoms with Crippen molar-refractivity contribution in [1.29, 1.82) is 0 Å². The number of rotatable bonds is 4. The molecule has 3 saturated heterocycles. The van der Waals surface area contributed by atoms with Crippen LogP contribution in [0.4, 0.5) is 0 Å². The molecule has 4 saturated carbocycles. The standard InChI is InChI=1S/C34H56N2O4/c1-22-7-13-34(39-21-22)23(2)31-29(40-34)20-28-26-6-5-24-19-25(35-30(37)10-14-36-15-17-38-18-16-36)8-11-32(24,3)27(26)9-12-33(28,31)4/h22-29,31H,5-21H2,1-4H3,(H,35,37)/t22-,23+,24+,25-,26-,27+,28+,29+,31+,32+,33+,34-/m1/s1. The molecule has 0 bridgehead atoms. The first-order valence-corrected chi connectivity index (χ1v) is 17.1. The van der Waals surface area contributed by atoms with E-state index in [2.05, 4.69) is 37.9 Å². The highest BCUT2D eigenvalue weighted by molar-refractivity contribution is 5.76. The van der Waals surface area contributed by atoms with Gasteiger partial charge in [-0.05, 0) is 104 Å². The van der Waals surface area contributed by atoms with Crippen LogP contribution in [0.1, 0.15) is 98.3 Å². The molecule has 7 aliphatic rings. The van der Waals surface area contributed by atoms with E-state index in [9.17, 15) is 4.79 Å². The molecule has 0 unspecified atom stereocenters. The highest BCUT2D eigenvalue weighted by Gasteiger charge is 2.69. The summed E-state index contributed by atoms with van der Waals surface area (Å²) < 4.78 is 19.0. The second-order valence-electron chi connectivity index (χ2n) is 15.9. The number of carbonyl (C=O) groups excluding carboxylic acids is 1. The predicted molar refractivity (Wildman–Crippen MR) is 156 cm³/mol. The third-order valence-corrected chi connectivity index (χ3v) is 14.1. The van der Waals surface area contributed by atoms with Crippen LogP contribution in [0.2, 0.25) is 0 Å². The molecular weight excluding hydrogens is 500 g/mol. The van der Waals surface area contributed by atoms with Crippen LogP contribution < -0.4 is 5.32 Å². The maximum absolute atomic E-state index is 12.8. The van der Waals surface area contributed by atoms with Crippen molar-refractivity contribution in [2.24, 2.45) is 52.3 Å². The Morgan fingerprint density at radius 2 is 1.73 bits per heavy atom. The van der Waals surface area contributed by atoms with Crippen LogP contribution in [-0.4, -0.2) is 68.2 Å². The largest absolute Gasteiger partial charge is 0.379 e. The molecule has 0 radical (unpaired) electrons. The maximum atomic E-state index is 12.8. The lowest BCUT2D eigenvalue weighted by Crippen LogP contribution is -2.56. The van der Waals surface area contributed by atoms with Gasteiger partial charge in [0.2, 0.25) is 5.91 Å². The highest BCUT2D eigenvalue weighted by Crippen LogP contribution is 2.71. The summed E-state index contributed by atoms with van der Waals surface area (Å²) in [5.41, 5.74) is 0.837. The van der Waals surface area contributed by atoms with Crippen molar-refractivity contribution in [1.82, 2.24) is 10.2 Å². The molecule has 226 valence electrons. The first-order valence-electron chi connectivity index (χ1n) is 17.1. The SMILES string of the molecule is C[C@@H]1CC[C@@]2(OC1)O[C@H]1C[C@H]3[C@@H]4CC[C@H]5C[C@H](NC(=O)CCN6CCOCC6)CC[C@]5(C)[C@H]4CC[C@]3(C)[C@H]1[C@@H]2C. The molecular formula is C34H56N2O4. The molecule has 6 nitrogen and oxygen atoms in total. The Labute approximate surface area is 243 Å². The van der Waals surface area contributed by atoms with E-state index in [-0.39, 0.29) is 11.7 Å². The molecule has 7 fully saturated rings. The van der Waals surface area contributed by atoms with E-state index in [0.29, 0.717) is 47.2 Å². The summed E-state index contributed by atoms with van der Waals surface area (Å²) in [6.07, 6.45) is 13.7. The fourth-order valence-electron chi connectivity index (χ4n) is 11.8. The molecule has 3 heterocycles. The average molecular weight is 557 g/mol. The van der Waals surface area contributed by atoms with E-state index in [1.54, 1.807) is 0 Å². The fraction of sp³-hybridized carbons (Fsp3) is 0.971. The summed E-state index contributed by atoms with van der Waals surface area (Å²) in [4.78, 5) is 15.2. The van der Waals surface area contributed by atoms with Crippen LogP contribution in [0.25, 0.3) is 0 Å². The molecule has 1 N–H and O–H groups in total. The Bertz CT molecular complexity index is 944. The van der Waals surface area contributed by atoms with Gasteiger partial charge in [0.05, 0.1) is 25.9 Å². The van der Waals surface area contributed by atoms with Crippen LogP contribution in [0.5, 0.6) is 0 Å². The van der Waals surface area contributed by atoms with Gasteiger partial charge in [0.1, 0.15) is 0 Å². The van der Waals surface area contributed by atoms with Crippen LogP contribution in [0, 0.1) is 52.3 Å². The van der Waals surface area contributed by atoms with E-state index in [1.165, 1.54) is 51.4 Å². The Balaban J connectivity index is 0.979. The second-order valence-corrected chi connectivity index (χ2v) is 15.9. The lowest BCUT2D eigenvalue weighted by molar-refractivity contribution is -0.273. The Hall–Kier alpha value is -0.690. The average Bonchev–Trinajstić information content (AvgIpc) is 3.40. The summed E-state index contributed by atoms with van der Waals surface area (Å²) in [5, 5.41) is 3.46. The Kier molecular flexibility index (Phi) is 7.37. The zero-order chi connectivity index (χ0) is 27.7. The molecule has 0 aromatic carbocycles. The zero-order valence-electron chi connectivity index (χ0n) is 25.8. The molecule has 4 aliphatic carbocycles. The van der Waals surface area contributed by atoms with Gasteiger partial charge in [0.25, 0.3) is 0 Å². The third-order valence-electron chi connectivity index (χ3n) is 14.1. The van der Waals surface area contributed by atoms with Crippen LogP contribution >= 0.6 is 0 Å². The van der Waals surface area contributed by atoms with Crippen LogP contribution in [0.3, 0.4) is 0 Å². The molecule has 3 aliphatic heterocycles. The van der Waals surface area contributed by atoms with Crippen molar-refractivity contribution in [3.8, 4) is 0 Å². The van der Waals surface area contributed by atoms with Crippen molar-refractivity contribution >= 4 is 5.91 Å². The van der Waals surface area contributed by atoms with Crippen molar-refractivity contribution in [3.63, 3.8) is 0 Å². The zero-order valence-corrected chi connectivity index (χ0v) is 25.8. The molecule has 0 aromatic heterocycles. The minimum absolute atomic E-state index is 0.253. The maximum Gasteiger partial charge on any atom is 0.221 e. The summed E-state index contributed by atoms with van der Waals surface area (Å²) in [6, 6.07) is 0.371. The monoisotopic (exact) mass is 556 g/mol. The van der Waals surface area contributed by atoms with E-state index < -0.39 is 0 Å². The van der Waals surface area contributed by atoms with Crippen LogP contribution in [-0.2, 0) is 19.0 Å². The predicted octanol–water partition coefficient (Wildman–Crippen LogP) is 5.64. The van der Waals surface area contributed by atoms with Gasteiger partial charge >= 0.3 is 0 Å². The van der Waals surface area contributed by atoms with E-state index in [1.807, 2.05) is 0 Å². The summed E-state index contributed by atoms with van der Waals surface area (Å²) in [5.74, 6) is 5.03. The molecule has 0 aromatic rings. The number of morpholine rings is 1. The molecule has 7 rings (SSSR count). The van der Waals surface area contributed by atoms with Gasteiger partial charge in [0.15, 0.2) is 5.79 Å². The van der Waals surface area contributed by atoms with Gasteiger partial charge in [0, 0.05) is 44.4 Å². The number of nitrogens with one attached hydrogen (secondary N) is 1.